The standard InChI is InChI=1S/C16H16BrO/c1-12(14-7-9-16(18)10-8-14)5-6-13-3-2-4-15(17)11-13/h2-4,7-12,18H,1,5-6H2. The molecule has 1 unspecified atom stereocenters. The lowest BCUT2D eigenvalue weighted by Gasteiger charge is -2.12. The van der Waals surface area contributed by atoms with Crippen molar-refractivity contribution in [3.8, 4) is 5.75 Å². The van der Waals surface area contributed by atoms with Gasteiger partial charge in [0.25, 0.3) is 0 Å². The van der Waals surface area contributed by atoms with Crippen LogP contribution in [-0.4, -0.2) is 5.11 Å². The van der Waals surface area contributed by atoms with Crippen molar-refractivity contribution in [2.75, 3.05) is 0 Å². The number of hydrogen-bond donors (Lipinski definition) is 1. The summed E-state index contributed by atoms with van der Waals surface area (Å²) in [6, 6.07) is 15.7. The molecule has 0 saturated heterocycles. The van der Waals surface area contributed by atoms with Gasteiger partial charge in [0.05, 0.1) is 0 Å². The van der Waals surface area contributed by atoms with Gasteiger partial charge in [-0.1, -0.05) is 40.2 Å². The lowest BCUT2D eigenvalue weighted by atomic mass is 9.94. The normalized spacial score (nSPS) is 12.3. The van der Waals surface area contributed by atoms with Crippen molar-refractivity contribution in [1.82, 2.24) is 0 Å². The van der Waals surface area contributed by atoms with Gasteiger partial charge < -0.3 is 5.11 Å². The number of aryl methyl sites for hydroxylation is 1. The van der Waals surface area contributed by atoms with Crippen LogP contribution in [0.25, 0.3) is 0 Å². The van der Waals surface area contributed by atoms with Crippen LogP contribution in [0.4, 0.5) is 0 Å². The van der Waals surface area contributed by atoms with Gasteiger partial charge in [-0.2, -0.15) is 0 Å². The minimum Gasteiger partial charge on any atom is -0.508 e. The zero-order chi connectivity index (χ0) is 13.0. The molecule has 2 heteroatoms. The molecule has 1 nitrogen and oxygen atoms in total. The van der Waals surface area contributed by atoms with E-state index in [-0.39, 0.29) is 5.92 Å². The van der Waals surface area contributed by atoms with Gasteiger partial charge in [0.15, 0.2) is 0 Å². The molecule has 0 aliphatic rings. The van der Waals surface area contributed by atoms with Gasteiger partial charge in [-0.15, -0.1) is 0 Å². The molecule has 0 amide bonds. The molecule has 0 spiro atoms. The first-order valence-corrected chi connectivity index (χ1v) is 6.81. The summed E-state index contributed by atoms with van der Waals surface area (Å²) < 4.78 is 1.12. The quantitative estimate of drug-likeness (QED) is 0.867. The molecule has 0 bridgehead atoms. The van der Waals surface area contributed by atoms with Gasteiger partial charge in [-0.05, 0) is 61.1 Å². The van der Waals surface area contributed by atoms with Crippen molar-refractivity contribution >= 4 is 15.9 Å². The summed E-state index contributed by atoms with van der Waals surface area (Å²) >= 11 is 3.48. The third-order valence-electron chi connectivity index (χ3n) is 3.03. The molecule has 2 rings (SSSR count). The van der Waals surface area contributed by atoms with Crippen LogP contribution in [-0.2, 0) is 6.42 Å². The molecule has 93 valence electrons. The summed E-state index contributed by atoms with van der Waals surface area (Å²) in [5.74, 6) is 0.558. The van der Waals surface area contributed by atoms with E-state index in [0.717, 1.165) is 17.3 Å². The molecule has 0 fully saturated rings. The minimum absolute atomic E-state index is 0.254. The van der Waals surface area contributed by atoms with Crippen LogP contribution in [0.15, 0.2) is 53.0 Å². The zero-order valence-electron chi connectivity index (χ0n) is 10.1. The molecule has 0 aliphatic heterocycles. The van der Waals surface area contributed by atoms with E-state index in [1.54, 1.807) is 12.1 Å². The minimum atomic E-state index is 0.254. The van der Waals surface area contributed by atoms with Crippen molar-refractivity contribution in [3.63, 3.8) is 0 Å². The fraction of sp³-hybridized carbons (Fsp3) is 0.188. The summed E-state index contributed by atoms with van der Waals surface area (Å²) in [4.78, 5) is 0. The Morgan fingerprint density at radius 2 is 1.83 bits per heavy atom. The Kier molecular flexibility index (Phi) is 4.43. The maximum Gasteiger partial charge on any atom is 0.115 e. The first-order chi connectivity index (χ1) is 8.65. The van der Waals surface area contributed by atoms with Crippen molar-refractivity contribution < 1.29 is 5.11 Å². The Morgan fingerprint density at radius 1 is 1.11 bits per heavy atom. The summed E-state index contributed by atoms with van der Waals surface area (Å²) in [5.41, 5.74) is 2.49. The average molecular weight is 304 g/mol. The summed E-state index contributed by atoms with van der Waals surface area (Å²) in [6.45, 7) is 4.18. The Balaban J connectivity index is 1.96. The highest BCUT2D eigenvalue weighted by Gasteiger charge is 2.06. The summed E-state index contributed by atoms with van der Waals surface area (Å²) in [5, 5.41) is 9.25. The molecular formula is C16H16BrO. The number of aromatic hydroxyl groups is 1. The largest absolute Gasteiger partial charge is 0.508 e. The van der Waals surface area contributed by atoms with Crippen LogP contribution in [0.2, 0.25) is 0 Å². The number of benzene rings is 2. The van der Waals surface area contributed by atoms with Gasteiger partial charge in [0.1, 0.15) is 5.75 Å². The second-order valence-corrected chi connectivity index (χ2v) is 5.37. The Hall–Kier alpha value is -1.28. The van der Waals surface area contributed by atoms with E-state index in [1.807, 2.05) is 18.2 Å². The van der Waals surface area contributed by atoms with E-state index in [9.17, 15) is 5.11 Å². The van der Waals surface area contributed by atoms with Crippen LogP contribution in [0, 0.1) is 6.92 Å². The number of phenolic OH excluding ortho intramolecular Hbond substituents is 1. The van der Waals surface area contributed by atoms with E-state index < -0.39 is 0 Å². The molecule has 2 aromatic carbocycles. The highest BCUT2D eigenvalue weighted by Crippen LogP contribution is 2.23. The molecule has 0 heterocycles. The molecular weight excluding hydrogens is 288 g/mol. The average Bonchev–Trinajstić information content (AvgIpc) is 2.37. The predicted molar refractivity (Wildman–Crippen MR) is 78.7 cm³/mol. The molecule has 0 aromatic heterocycles. The molecule has 0 aliphatic carbocycles. The van der Waals surface area contributed by atoms with E-state index in [4.69, 9.17) is 0 Å². The van der Waals surface area contributed by atoms with Crippen LogP contribution in [0.5, 0.6) is 5.75 Å². The fourth-order valence-corrected chi connectivity index (χ4v) is 2.39. The highest BCUT2D eigenvalue weighted by molar-refractivity contribution is 9.10. The Morgan fingerprint density at radius 3 is 2.50 bits per heavy atom. The van der Waals surface area contributed by atoms with Gasteiger partial charge >= 0.3 is 0 Å². The van der Waals surface area contributed by atoms with Crippen LogP contribution < -0.4 is 0 Å². The van der Waals surface area contributed by atoms with Crippen molar-refractivity contribution in [1.29, 1.82) is 0 Å². The van der Waals surface area contributed by atoms with Gasteiger partial charge in [0, 0.05) is 4.47 Å². The Bertz CT molecular complexity index is 505. The first kappa shape index (κ1) is 13.2. The SMILES string of the molecule is [CH2]C(CCc1cccc(Br)c1)c1ccc(O)cc1. The molecule has 0 saturated carbocycles. The third-order valence-corrected chi connectivity index (χ3v) is 3.53. The van der Waals surface area contributed by atoms with Crippen LogP contribution >= 0.6 is 15.9 Å². The van der Waals surface area contributed by atoms with E-state index in [1.165, 1.54) is 11.1 Å². The van der Waals surface area contributed by atoms with Crippen molar-refractivity contribution in [2.45, 2.75) is 18.8 Å². The molecule has 1 atom stereocenters. The molecule has 1 N–H and O–H groups in total. The molecule has 18 heavy (non-hydrogen) atoms. The monoisotopic (exact) mass is 303 g/mol. The second kappa shape index (κ2) is 6.05. The van der Waals surface area contributed by atoms with E-state index in [2.05, 4.69) is 41.1 Å². The van der Waals surface area contributed by atoms with Gasteiger partial charge in [-0.25, -0.2) is 0 Å². The number of phenols is 1. The number of rotatable bonds is 4. The zero-order valence-corrected chi connectivity index (χ0v) is 11.7. The molecule has 1 radical (unpaired) electrons. The topological polar surface area (TPSA) is 20.2 Å². The highest BCUT2D eigenvalue weighted by atomic mass is 79.9. The van der Waals surface area contributed by atoms with Gasteiger partial charge in [-0.3, -0.25) is 0 Å². The van der Waals surface area contributed by atoms with Crippen LogP contribution in [0.3, 0.4) is 0 Å². The molecule has 2 aromatic rings. The van der Waals surface area contributed by atoms with E-state index in [0.29, 0.717) is 5.75 Å². The summed E-state index contributed by atoms with van der Waals surface area (Å²) in [7, 11) is 0. The fourth-order valence-electron chi connectivity index (χ4n) is 1.95. The number of hydrogen-bond acceptors (Lipinski definition) is 1. The smallest absolute Gasteiger partial charge is 0.115 e. The summed E-state index contributed by atoms with van der Waals surface area (Å²) in [6.07, 6.45) is 2.01. The maximum atomic E-state index is 9.25. The second-order valence-electron chi connectivity index (χ2n) is 4.46. The maximum absolute atomic E-state index is 9.25. The van der Waals surface area contributed by atoms with Crippen molar-refractivity contribution in [2.24, 2.45) is 0 Å². The predicted octanol–water partition coefficient (Wildman–Crippen LogP) is 4.71. The van der Waals surface area contributed by atoms with Crippen molar-refractivity contribution in [3.05, 3.63) is 71.1 Å². The number of halogens is 1. The Labute approximate surface area is 117 Å². The third kappa shape index (κ3) is 3.61. The van der Waals surface area contributed by atoms with E-state index >= 15 is 0 Å². The lowest BCUT2D eigenvalue weighted by molar-refractivity contribution is 0.475. The van der Waals surface area contributed by atoms with Gasteiger partial charge in [0.2, 0.25) is 0 Å². The first-order valence-electron chi connectivity index (χ1n) is 6.01. The lowest BCUT2D eigenvalue weighted by Crippen LogP contribution is -1.96. The van der Waals surface area contributed by atoms with Crippen LogP contribution in [0.1, 0.15) is 23.5 Å².